The van der Waals surface area contributed by atoms with E-state index < -0.39 is 5.97 Å². The Hall–Kier alpha value is -1.77. The van der Waals surface area contributed by atoms with Crippen molar-refractivity contribution in [2.24, 2.45) is 11.8 Å². The van der Waals surface area contributed by atoms with Crippen molar-refractivity contribution >= 4 is 17.7 Å². The van der Waals surface area contributed by atoms with Crippen molar-refractivity contribution in [2.45, 2.75) is 13.3 Å². The predicted octanol–water partition coefficient (Wildman–Crippen LogP) is 2.88. The molecule has 3 nitrogen and oxygen atoms in total. The Labute approximate surface area is 108 Å². The highest BCUT2D eigenvalue weighted by molar-refractivity contribution is 5.86. The van der Waals surface area contributed by atoms with Gasteiger partial charge in [0.15, 0.2) is 0 Å². The van der Waals surface area contributed by atoms with E-state index in [-0.39, 0.29) is 0 Å². The highest BCUT2D eigenvalue weighted by atomic mass is 16.4. The number of nitrogens with zero attached hydrogens (tertiary/aromatic N) is 1. The lowest BCUT2D eigenvalue weighted by atomic mass is 10.1. The van der Waals surface area contributed by atoms with Gasteiger partial charge in [-0.05, 0) is 36.0 Å². The molecule has 18 heavy (non-hydrogen) atoms. The van der Waals surface area contributed by atoms with E-state index in [0.29, 0.717) is 0 Å². The average Bonchev–Trinajstić information content (AvgIpc) is 3.02. The van der Waals surface area contributed by atoms with Gasteiger partial charge in [-0.2, -0.15) is 0 Å². The maximum atomic E-state index is 10.6. The summed E-state index contributed by atoms with van der Waals surface area (Å²) in [6.45, 7) is 3.31. The molecule has 0 heterocycles. The van der Waals surface area contributed by atoms with Gasteiger partial charge < -0.3 is 10.0 Å². The first-order valence-corrected chi connectivity index (χ1v) is 6.29. The Morgan fingerprint density at radius 2 is 2.17 bits per heavy atom. The molecule has 96 valence electrons. The number of carbonyl (C=O) groups is 1. The third-order valence-corrected chi connectivity index (χ3v) is 3.54. The predicted molar refractivity (Wildman–Crippen MR) is 73.7 cm³/mol. The van der Waals surface area contributed by atoms with Gasteiger partial charge in [0.25, 0.3) is 0 Å². The maximum Gasteiger partial charge on any atom is 0.328 e. The smallest absolute Gasteiger partial charge is 0.328 e. The summed E-state index contributed by atoms with van der Waals surface area (Å²) >= 11 is 0. The minimum absolute atomic E-state index is 0.784. The monoisotopic (exact) mass is 245 g/mol. The molecule has 1 N–H and O–H groups in total. The molecule has 0 bridgehead atoms. The number of hydrogen-bond acceptors (Lipinski definition) is 2. The molecule has 3 heteroatoms. The number of carboxylic acids is 1. The molecule has 1 aromatic rings. The van der Waals surface area contributed by atoms with Crippen molar-refractivity contribution < 1.29 is 9.90 Å². The Bertz CT molecular complexity index is 467. The van der Waals surface area contributed by atoms with Crippen LogP contribution in [0.1, 0.15) is 18.9 Å². The quantitative estimate of drug-likeness (QED) is 0.811. The molecule has 2 rings (SSSR count). The van der Waals surface area contributed by atoms with Crippen LogP contribution in [0, 0.1) is 11.8 Å². The molecule has 1 aliphatic rings. The highest BCUT2D eigenvalue weighted by Gasteiger charge is 2.33. The van der Waals surface area contributed by atoms with Gasteiger partial charge in [0.2, 0.25) is 0 Å². The average molecular weight is 245 g/mol. The van der Waals surface area contributed by atoms with Crippen molar-refractivity contribution in [1.82, 2.24) is 0 Å². The molecule has 2 atom stereocenters. The van der Waals surface area contributed by atoms with Crippen LogP contribution >= 0.6 is 0 Å². The summed E-state index contributed by atoms with van der Waals surface area (Å²) in [5, 5.41) is 8.69. The normalized spacial score (nSPS) is 22.1. The SMILES string of the molecule is CC1CC1CN(C)c1ccccc1/C=C/C(=O)O. The fraction of sp³-hybridized carbons (Fsp3) is 0.400. The van der Waals surface area contributed by atoms with Gasteiger partial charge in [0.05, 0.1) is 0 Å². The summed E-state index contributed by atoms with van der Waals surface area (Å²) in [6.07, 6.45) is 4.15. The number of aliphatic carboxylic acids is 1. The second-order valence-electron chi connectivity index (χ2n) is 5.08. The summed E-state index contributed by atoms with van der Waals surface area (Å²) in [5.41, 5.74) is 2.05. The lowest BCUT2D eigenvalue weighted by molar-refractivity contribution is -0.131. The highest BCUT2D eigenvalue weighted by Crippen LogP contribution is 2.39. The van der Waals surface area contributed by atoms with E-state index in [4.69, 9.17) is 5.11 Å². The standard InChI is InChI=1S/C15H19NO2/c1-11-9-13(11)10-16(2)14-6-4-3-5-12(14)7-8-15(17)18/h3-8,11,13H,9-10H2,1-2H3,(H,17,18)/b8-7+. The van der Waals surface area contributed by atoms with Gasteiger partial charge in [-0.15, -0.1) is 0 Å². The molecule has 1 fully saturated rings. The fourth-order valence-electron chi connectivity index (χ4n) is 2.24. The number of para-hydroxylation sites is 1. The Morgan fingerprint density at radius 3 is 2.78 bits per heavy atom. The number of hydrogen-bond donors (Lipinski definition) is 1. The minimum atomic E-state index is -0.914. The summed E-state index contributed by atoms with van der Waals surface area (Å²) in [7, 11) is 2.07. The van der Waals surface area contributed by atoms with Crippen LogP contribution in [-0.2, 0) is 4.79 Å². The van der Waals surface area contributed by atoms with E-state index >= 15 is 0 Å². The maximum absolute atomic E-state index is 10.6. The first-order chi connectivity index (χ1) is 8.58. The van der Waals surface area contributed by atoms with Crippen LogP contribution in [-0.4, -0.2) is 24.7 Å². The second kappa shape index (κ2) is 5.25. The zero-order chi connectivity index (χ0) is 13.1. The van der Waals surface area contributed by atoms with Gasteiger partial charge in [0, 0.05) is 25.4 Å². The molecular formula is C15H19NO2. The van der Waals surface area contributed by atoms with E-state index in [1.54, 1.807) is 6.08 Å². The number of benzene rings is 1. The summed E-state index contributed by atoms with van der Waals surface area (Å²) < 4.78 is 0. The zero-order valence-corrected chi connectivity index (χ0v) is 10.8. The molecule has 0 aromatic heterocycles. The molecule has 0 spiro atoms. The molecule has 0 radical (unpaired) electrons. The molecule has 0 aliphatic heterocycles. The number of rotatable bonds is 5. The van der Waals surface area contributed by atoms with Crippen LogP contribution in [0.2, 0.25) is 0 Å². The van der Waals surface area contributed by atoms with Crippen molar-refractivity contribution in [1.29, 1.82) is 0 Å². The third-order valence-electron chi connectivity index (χ3n) is 3.54. The molecule has 0 saturated heterocycles. The van der Waals surface area contributed by atoms with Gasteiger partial charge in [-0.25, -0.2) is 4.79 Å². The van der Waals surface area contributed by atoms with Crippen LogP contribution in [0.15, 0.2) is 30.3 Å². The first kappa shape index (κ1) is 12.7. The van der Waals surface area contributed by atoms with E-state index in [1.165, 1.54) is 12.5 Å². The molecule has 1 saturated carbocycles. The van der Waals surface area contributed by atoms with E-state index in [0.717, 1.165) is 29.6 Å². The summed E-state index contributed by atoms with van der Waals surface area (Å²) in [6, 6.07) is 7.90. The molecule has 1 aliphatic carbocycles. The van der Waals surface area contributed by atoms with Crippen LogP contribution in [0.3, 0.4) is 0 Å². The van der Waals surface area contributed by atoms with Crippen molar-refractivity contribution in [3.8, 4) is 0 Å². The molecule has 2 unspecified atom stereocenters. The van der Waals surface area contributed by atoms with Gasteiger partial charge in [-0.1, -0.05) is 25.1 Å². The third kappa shape index (κ3) is 3.13. The van der Waals surface area contributed by atoms with E-state index in [9.17, 15) is 4.79 Å². The Morgan fingerprint density at radius 1 is 1.50 bits per heavy atom. The van der Waals surface area contributed by atoms with Gasteiger partial charge >= 0.3 is 5.97 Å². The fourth-order valence-corrected chi connectivity index (χ4v) is 2.24. The van der Waals surface area contributed by atoms with Crippen molar-refractivity contribution in [3.63, 3.8) is 0 Å². The second-order valence-corrected chi connectivity index (χ2v) is 5.08. The number of carboxylic acid groups (broad SMARTS) is 1. The van der Waals surface area contributed by atoms with E-state index in [2.05, 4.69) is 18.9 Å². The van der Waals surface area contributed by atoms with Crippen LogP contribution in [0.4, 0.5) is 5.69 Å². The van der Waals surface area contributed by atoms with Crippen LogP contribution in [0.5, 0.6) is 0 Å². The molecule has 1 aromatic carbocycles. The van der Waals surface area contributed by atoms with Crippen LogP contribution in [0.25, 0.3) is 6.08 Å². The van der Waals surface area contributed by atoms with Crippen LogP contribution < -0.4 is 4.90 Å². The summed E-state index contributed by atoms with van der Waals surface area (Å²) in [5.74, 6) is 0.698. The first-order valence-electron chi connectivity index (χ1n) is 6.29. The lowest BCUT2D eigenvalue weighted by Crippen LogP contribution is -2.21. The van der Waals surface area contributed by atoms with Crippen molar-refractivity contribution in [2.75, 3.05) is 18.5 Å². The lowest BCUT2D eigenvalue weighted by Gasteiger charge is -2.21. The summed E-state index contributed by atoms with van der Waals surface area (Å²) in [4.78, 5) is 12.8. The zero-order valence-electron chi connectivity index (χ0n) is 10.8. The Kier molecular flexibility index (Phi) is 3.70. The topological polar surface area (TPSA) is 40.5 Å². The van der Waals surface area contributed by atoms with Gasteiger partial charge in [0.1, 0.15) is 0 Å². The van der Waals surface area contributed by atoms with Crippen molar-refractivity contribution in [3.05, 3.63) is 35.9 Å². The number of anilines is 1. The van der Waals surface area contributed by atoms with Gasteiger partial charge in [-0.3, -0.25) is 0 Å². The Balaban J connectivity index is 2.13. The van der Waals surface area contributed by atoms with E-state index in [1.807, 2.05) is 24.3 Å². The largest absolute Gasteiger partial charge is 0.478 e. The molecule has 0 amide bonds. The minimum Gasteiger partial charge on any atom is -0.478 e. The molecular weight excluding hydrogens is 226 g/mol.